The number of carbonyl (C=O) groups excluding carboxylic acids is 2. The minimum atomic E-state index is -1.76. The van der Waals surface area contributed by atoms with Crippen LogP contribution in [-0.4, -0.2) is 45.2 Å². The van der Waals surface area contributed by atoms with Gasteiger partial charge >= 0.3 is 0 Å². The van der Waals surface area contributed by atoms with Crippen LogP contribution in [0.1, 0.15) is 0 Å². The van der Waals surface area contributed by atoms with Gasteiger partial charge in [-0.2, -0.15) is 0 Å². The number of rotatable bonds is 0. The number of hydrogen-bond donors (Lipinski definition) is 3. The molecule has 2 atom stereocenters. The highest BCUT2D eigenvalue weighted by molar-refractivity contribution is 6.16. The van der Waals surface area contributed by atoms with Crippen molar-refractivity contribution >= 4 is 11.6 Å². The predicted molar refractivity (Wildman–Crippen MR) is 47.4 cm³/mol. The normalized spacial score (nSPS) is 37.9. The minimum Gasteiger partial charge on any atom is -0.387 e. The van der Waals surface area contributed by atoms with Gasteiger partial charge in [-0.3, -0.25) is 9.59 Å². The van der Waals surface area contributed by atoms with Crippen LogP contribution in [0.5, 0.6) is 0 Å². The fourth-order valence-corrected chi connectivity index (χ4v) is 1.80. The number of hydrogen-bond acceptors (Lipinski definition) is 5. The van der Waals surface area contributed by atoms with E-state index in [4.69, 9.17) is 0 Å². The average molecular weight is 209 g/mol. The Morgan fingerprint density at radius 2 is 1.67 bits per heavy atom. The van der Waals surface area contributed by atoms with E-state index in [1.54, 1.807) is 0 Å². The van der Waals surface area contributed by atoms with Gasteiger partial charge in [0.05, 0.1) is 0 Å². The van der Waals surface area contributed by atoms with E-state index in [0.717, 1.165) is 0 Å². The first kappa shape index (κ1) is 10.2. The Morgan fingerprint density at radius 3 is 2.07 bits per heavy atom. The second-order valence-corrected chi connectivity index (χ2v) is 3.59. The van der Waals surface area contributed by atoms with E-state index in [0.29, 0.717) is 0 Å². The third-order valence-corrected chi connectivity index (χ3v) is 2.72. The maximum atomic E-state index is 11.6. The van der Waals surface area contributed by atoms with Crippen LogP contribution in [0.2, 0.25) is 0 Å². The molecule has 79 valence electrons. The summed E-state index contributed by atoms with van der Waals surface area (Å²) in [5.74, 6) is -1.70. The summed E-state index contributed by atoms with van der Waals surface area (Å²) in [6, 6.07) is 0. The second-order valence-electron chi connectivity index (χ2n) is 3.59. The van der Waals surface area contributed by atoms with Crippen LogP contribution in [0.4, 0.5) is 0 Å². The molecule has 15 heavy (non-hydrogen) atoms. The molecule has 5 heteroatoms. The third-order valence-electron chi connectivity index (χ3n) is 2.72. The predicted octanol–water partition coefficient (Wildman–Crippen LogP) is -1.86. The summed E-state index contributed by atoms with van der Waals surface area (Å²) in [5.41, 5.74) is -1.71. The van der Waals surface area contributed by atoms with Crippen LogP contribution in [0.3, 0.4) is 0 Å². The fraction of sp³-hybridized carbons (Fsp3) is 0.400. The molecule has 2 rings (SSSR count). The van der Waals surface area contributed by atoms with E-state index < -0.39 is 35.3 Å². The first-order valence-electron chi connectivity index (χ1n) is 4.42. The van der Waals surface area contributed by atoms with Crippen LogP contribution < -0.4 is 0 Å². The molecular weight excluding hydrogens is 200 g/mol. The van der Waals surface area contributed by atoms with Crippen LogP contribution in [0, 0.1) is 11.5 Å². The quantitative estimate of drug-likeness (QED) is 0.406. The Bertz CT molecular complexity index is 345. The largest absolute Gasteiger partial charge is 0.387 e. The lowest BCUT2D eigenvalue weighted by Gasteiger charge is -2.35. The number of allylic oxidation sites excluding steroid dienone is 4. The number of ketones is 2. The smallest absolute Gasteiger partial charge is 0.185 e. The summed E-state index contributed by atoms with van der Waals surface area (Å²) in [5, 5.41) is 27.9. The Labute approximate surface area is 85.3 Å². The van der Waals surface area contributed by atoms with Gasteiger partial charge in [-0.15, -0.1) is 0 Å². The van der Waals surface area contributed by atoms with E-state index in [1.165, 1.54) is 18.2 Å². The first-order valence-corrected chi connectivity index (χ1v) is 4.42. The lowest BCUT2D eigenvalue weighted by molar-refractivity contribution is -0.167. The monoisotopic (exact) mass is 209 g/mol. The van der Waals surface area contributed by atoms with Gasteiger partial charge in [-0.25, -0.2) is 0 Å². The summed E-state index contributed by atoms with van der Waals surface area (Å²) in [7, 11) is 0. The van der Waals surface area contributed by atoms with E-state index >= 15 is 0 Å². The topological polar surface area (TPSA) is 94.8 Å². The molecule has 0 saturated heterocycles. The van der Waals surface area contributed by atoms with E-state index in [9.17, 15) is 24.9 Å². The van der Waals surface area contributed by atoms with Crippen LogP contribution >= 0.6 is 0 Å². The fourth-order valence-electron chi connectivity index (χ4n) is 1.80. The summed E-state index contributed by atoms with van der Waals surface area (Å²) in [6.07, 6.45) is 1.27. The van der Waals surface area contributed by atoms with Crippen molar-refractivity contribution in [2.75, 3.05) is 0 Å². The van der Waals surface area contributed by atoms with Gasteiger partial charge in [0.25, 0.3) is 0 Å². The van der Waals surface area contributed by atoms with Gasteiger partial charge in [0, 0.05) is 0 Å². The molecule has 0 aromatic heterocycles. The molecule has 0 aromatic carbocycles. The summed E-state index contributed by atoms with van der Waals surface area (Å²) < 4.78 is 0. The van der Waals surface area contributed by atoms with Crippen molar-refractivity contribution in [1.29, 1.82) is 0 Å². The first-order chi connectivity index (χ1) is 7.00. The van der Waals surface area contributed by atoms with Gasteiger partial charge in [0.1, 0.15) is 23.7 Å². The minimum absolute atomic E-state index is 0.852. The molecule has 1 saturated carbocycles. The average Bonchev–Trinajstić information content (AvgIpc) is 2.72. The summed E-state index contributed by atoms with van der Waals surface area (Å²) in [6.45, 7) is 0. The lowest BCUT2D eigenvalue weighted by atomic mass is 9.69. The number of aliphatic hydroxyl groups is 3. The SMILES string of the molecule is O=C1C(O)C(O)C(O)C(=O)C12[C]=CC=C2. The van der Waals surface area contributed by atoms with E-state index in [-0.39, 0.29) is 0 Å². The standard InChI is InChI=1S/C10H9O5/c11-5-6(12)8(14)10(3-1-2-4-10)9(15)7(5)13/h1-3,5-7,11-13H. The molecule has 1 spiro atoms. The van der Waals surface area contributed by atoms with Gasteiger partial charge in [-0.05, 0) is 6.08 Å². The highest BCUT2D eigenvalue weighted by Crippen LogP contribution is 2.35. The Hall–Kier alpha value is -1.30. The van der Waals surface area contributed by atoms with Crippen LogP contribution in [-0.2, 0) is 9.59 Å². The Balaban J connectivity index is 2.48. The van der Waals surface area contributed by atoms with Crippen LogP contribution in [0.15, 0.2) is 18.2 Å². The Kier molecular flexibility index (Phi) is 2.11. The van der Waals surface area contributed by atoms with Crippen molar-refractivity contribution in [3.63, 3.8) is 0 Å². The molecule has 1 radical (unpaired) electrons. The zero-order chi connectivity index (χ0) is 11.2. The lowest BCUT2D eigenvalue weighted by Crippen LogP contribution is -2.61. The van der Waals surface area contributed by atoms with Crippen LogP contribution in [0.25, 0.3) is 0 Å². The second kappa shape index (κ2) is 3.10. The van der Waals surface area contributed by atoms with Gasteiger partial charge in [-0.1, -0.05) is 18.2 Å². The van der Waals surface area contributed by atoms with E-state index in [2.05, 4.69) is 6.08 Å². The molecule has 2 unspecified atom stereocenters. The zero-order valence-electron chi connectivity index (χ0n) is 7.62. The molecule has 0 heterocycles. The van der Waals surface area contributed by atoms with Crippen molar-refractivity contribution in [1.82, 2.24) is 0 Å². The van der Waals surface area contributed by atoms with Crippen molar-refractivity contribution in [3.05, 3.63) is 24.3 Å². The maximum Gasteiger partial charge on any atom is 0.185 e. The van der Waals surface area contributed by atoms with Gasteiger partial charge in [0.2, 0.25) is 0 Å². The highest BCUT2D eigenvalue weighted by atomic mass is 16.4. The molecule has 0 bridgehead atoms. The molecule has 1 fully saturated rings. The van der Waals surface area contributed by atoms with E-state index in [1.807, 2.05) is 0 Å². The molecule has 0 amide bonds. The molecule has 5 nitrogen and oxygen atoms in total. The molecule has 3 N–H and O–H groups in total. The third kappa shape index (κ3) is 1.14. The van der Waals surface area contributed by atoms with Crippen molar-refractivity contribution in [2.24, 2.45) is 5.41 Å². The van der Waals surface area contributed by atoms with Gasteiger partial charge < -0.3 is 15.3 Å². The molecule has 0 aromatic rings. The number of carbonyl (C=O) groups is 2. The van der Waals surface area contributed by atoms with Crippen molar-refractivity contribution in [2.45, 2.75) is 18.3 Å². The molecule has 2 aliphatic carbocycles. The maximum absolute atomic E-state index is 11.6. The summed E-state index contributed by atoms with van der Waals surface area (Å²) in [4.78, 5) is 23.3. The number of Topliss-reactive ketones (excluding diaryl/α,β-unsaturated/α-hetero) is 2. The number of aliphatic hydroxyl groups excluding tert-OH is 3. The molecule has 0 aliphatic heterocycles. The summed E-state index contributed by atoms with van der Waals surface area (Å²) >= 11 is 0. The van der Waals surface area contributed by atoms with Crippen molar-refractivity contribution < 1.29 is 24.9 Å². The van der Waals surface area contributed by atoms with Crippen molar-refractivity contribution in [3.8, 4) is 0 Å². The Morgan fingerprint density at radius 1 is 1.13 bits per heavy atom. The molecular formula is C10H9O5. The van der Waals surface area contributed by atoms with Gasteiger partial charge in [0.15, 0.2) is 11.6 Å². The molecule has 2 aliphatic rings. The highest BCUT2D eigenvalue weighted by Gasteiger charge is 2.56. The zero-order valence-corrected chi connectivity index (χ0v) is 7.62.